The molecule has 0 bridgehead atoms. The van der Waals surface area contributed by atoms with E-state index in [0.717, 1.165) is 47.7 Å². The summed E-state index contributed by atoms with van der Waals surface area (Å²) in [6, 6.07) is 21.2. The van der Waals surface area contributed by atoms with E-state index in [1.54, 1.807) is 30.5 Å². The number of halogens is 4. The summed E-state index contributed by atoms with van der Waals surface area (Å²) in [5.74, 6) is 3.08. The van der Waals surface area contributed by atoms with E-state index >= 15 is 0 Å². The minimum absolute atomic E-state index is 0.0696. The van der Waals surface area contributed by atoms with Gasteiger partial charge >= 0.3 is 12.1 Å². The molecule has 0 spiro atoms. The summed E-state index contributed by atoms with van der Waals surface area (Å²) in [6.07, 6.45) is -1.56. The number of fused-ring (bicyclic) bond motifs is 1. The van der Waals surface area contributed by atoms with Crippen LogP contribution in [0.3, 0.4) is 0 Å². The number of carbonyl (C=O) groups excluding carboxylic acids is 4. The molecule has 1 unspecified atom stereocenters. The molecule has 1 atom stereocenters. The van der Waals surface area contributed by atoms with Gasteiger partial charge in [-0.15, -0.1) is 0 Å². The molecule has 3 aromatic carbocycles. The molecule has 17 heteroatoms. The van der Waals surface area contributed by atoms with Gasteiger partial charge in [-0.1, -0.05) is 49.4 Å². The molecular weight excluding hydrogens is 805 g/mol. The molecule has 0 aliphatic carbocycles. The van der Waals surface area contributed by atoms with Crippen LogP contribution in [-0.2, 0) is 26.4 Å². The third kappa shape index (κ3) is 9.73. The Labute approximate surface area is 347 Å². The van der Waals surface area contributed by atoms with Gasteiger partial charge in [0, 0.05) is 47.6 Å². The van der Waals surface area contributed by atoms with Crippen LogP contribution in [0.15, 0.2) is 72.9 Å². The second-order valence-electron chi connectivity index (χ2n) is 14.7. The lowest BCUT2D eigenvalue weighted by molar-refractivity contribution is -0.192. The first kappa shape index (κ1) is 42.8. The van der Waals surface area contributed by atoms with Crippen molar-refractivity contribution in [3.05, 3.63) is 117 Å². The van der Waals surface area contributed by atoms with Gasteiger partial charge in [-0.25, -0.2) is 14.8 Å². The molecule has 13 nitrogen and oxygen atoms in total. The zero-order valence-electron chi connectivity index (χ0n) is 32.2. The maximum atomic E-state index is 13.2. The maximum absolute atomic E-state index is 13.2. The third-order valence-electron chi connectivity index (χ3n) is 10.3. The van der Waals surface area contributed by atoms with Crippen molar-refractivity contribution in [1.29, 1.82) is 5.26 Å². The summed E-state index contributed by atoms with van der Waals surface area (Å²) in [5.41, 5.74) is 3.98. The lowest BCUT2D eigenvalue weighted by atomic mass is 9.78. The molecule has 2 saturated heterocycles. The Balaban J connectivity index is 0.000000793. The molecular formula is C43H36ClF3N6O7. The van der Waals surface area contributed by atoms with Crippen LogP contribution in [0.2, 0.25) is 5.02 Å². The minimum Gasteiger partial charge on any atom is -0.487 e. The van der Waals surface area contributed by atoms with Crippen LogP contribution in [-0.4, -0.2) is 74.9 Å². The number of carboxylic acid groups (broad SMARTS) is 1. The van der Waals surface area contributed by atoms with E-state index in [9.17, 15) is 37.6 Å². The van der Waals surface area contributed by atoms with Gasteiger partial charge in [0.15, 0.2) is 0 Å². The standard InChI is InChI=1S/C41H35ClN6O5.C2HF3O2/c1-41(2,29-19-27(23-43)20-30(42)22-29)28-6-8-32(9-7-28)53-24-31-13-16-44-40(45-31)47-17-14-25(15-18-47)3-4-26-5-10-33-34(21-26)39(52)48(38(33)51)35-11-12-36(49)46-37(35)50;3-2(4,5)1(6)7/h5-10,13,16,19-22,25,35H,11-12,14-15,17-18,24H2,1-2H3,(H,46,49,50);(H,6,7). The SMILES string of the molecule is CC(C)(c1ccc(OCc2ccnc(N3CCC(C#Cc4ccc5c(c4)C(=O)N(C4CCC(=O)NC4=O)C5=O)CC3)n2)cc1)c1cc(Cl)cc(C#N)c1.O=C(O)C(F)(F)F. The smallest absolute Gasteiger partial charge is 0.487 e. The van der Waals surface area contributed by atoms with Gasteiger partial charge in [-0.05, 0) is 85.0 Å². The Kier molecular flexibility index (Phi) is 12.6. The molecule has 1 aromatic heterocycles. The number of aliphatic carboxylic acids is 1. The summed E-state index contributed by atoms with van der Waals surface area (Å²) in [6.45, 7) is 5.91. The minimum atomic E-state index is -5.08. The van der Waals surface area contributed by atoms with Crippen molar-refractivity contribution in [1.82, 2.24) is 20.2 Å². The lowest BCUT2D eigenvalue weighted by Crippen LogP contribution is -2.54. The van der Waals surface area contributed by atoms with E-state index < -0.39 is 41.8 Å². The maximum Gasteiger partial charge on any atom is 0.490 e. The number of imide groups is 2. The molecule has 2 N–H and O–H groups in total. The predicted molar refractivity (Wildman–Crippen MR) is 210 cm³/mol. The second kappa shape index (κ2) is 17.6. The van der Waals surface area contributed by atoms with Crippen molar-refractivity contribution in [2.24, 2.45) is 5.92 Å². The number of nitrogens with one attached hydrogen (secondary N) is 1. The van der Waals surface area contributed by atoms with E-state index in [1.807, 2.05) is 42.5 Å². The molecule has 308 valence electrons. The van der Waals surface area contributed by atoms with Gasteiger partial charge in [-0.3, -0.25) is 29.4 Å². The van der Waals surface area contributed by atoms with Crippen molar-refractivity contribution in [3.8, 4) is 23.7 Å². The lowest BCUT2D eigenvalue weighted by Gasteiger charge is -2.30. The average Bonchev–Trinajstić information content (AvgIpc) is 3.47. The molecule has 4 amide bonds. The summed E-state index contributed by atoms with van der Waals surface area (Å²) >= 11 is 6.27. The zero-order chi connectivity index (χ0) is 43.4. The van der Waals surface area contributed by atoms with Crippen molar-refractivity contribution in [2.75, 3.05) is 18.0 Å². The number of carboxylic acids is 1. The highest BCUT2D eigenvalue weighted by Crippen LogP contribution is 2.35. The number of benzene rings is 3. The molecule has 4 aromatic rings. The number of aromatic nitrogens is 2. The summed E-state index contributed by atoms with van der Waals surface area (Å²) < 4.78 is 37.8. The Morgan fingerprint density at radius 3 is 2.27 bits per heavy atom. The van der Waals surface area contributed by atoms with Crippen LogP contribution in [0.5, 0.6) is 5.75 Å². The highest BCUT2D eigenvalue weighted by atomic mass is 35.5. The fourth-order valence-corrected chi connectivity index (χ4v) is 7.12. The molecule has 0 saturated carbocycles. The van der Waals surface area contributed by atoms with E-state index in [-0.39, 0.29) is 41.9 Å². The zero-order valence-corrected chi connectivity index (χ0v) is 32.9. The van der Waals surface area contributed by atoms with E-state index in [2.05, 4.69) is 47.0 Å². The second-order valence-corrected chi connectivity index (χ2v) is 15.1. The van der Waals surface area contributed by atoms with Gasteiger partial charge in [-0.2, -0.15) is 18.4 Å². The fraction of sp³-hybridized carbons (Fsp3) is 0.302. The summed E-state index contributed by atoms with van der Waals surface area (Å²) in [4.78, 5) is 71.3. The van der Waals surface area contributed by atoms with Gasteiger partial charge in [0.1, 0.15) is 18.4 Å². The predicted octanol–water partition coefficient (Wildman–Crippen LogP) is 6.21. The topological polar surface area (TPSA) is 183 Å². The van der Waals surface area contributed by atoms with Crippen molar-refractivity contribution >= 4 is 47.1 Å². The van der Waals surface area contributed by atoms with Crippen LogP contribution < -0.4 is 15.0 Å². The van der Waals surface area contributed by atoms with Gasteiger partial charge in [0.25, 0.3) is 11.8 Å². The Bertz CT molecular complexity index is 2470. The first-order valence-electron chi connectivity index (χ1n) is 18.6. The molecule has 2 fully saturated rings. The van der Waals surface area contributed by atoms with Crippen molar-refractivity contribution in [3.63, 3.8) is 0 Å². The van der Waals surface area contributed by atoms with Gasteiger partial charge in [0.05, 0.1) is 28.5 Å². The number of piperidine rings is 2. The number of carbonyl (C=O) groups is 5. The number of hydrogen-bond acceptors (Lipinski definition) is 10. The largest absolute Gasteiger partial charge is 0.490 e. The third-order valence-corrected chi connectivity index (χ3v) is 10.5. The highest BCUT2D eigenvalue weighted by molar-refractivity contribution is 6.30. The Morgan fingerprint density at radius 1 is 0.933 bits per heavy atom. The van der Waals surface area contributed by atoms with Crippen LogP contribution >= 0.6 is 11.6 Å². The average molecular weight is 841 g/mol. The molecule has 0 radical (unpaired) electrons. The Morgan fingerprint density at radius 2 is 1.62 bits per heavy atom. The molecule has 4 heterocycles. The summed E-state index contributed by atoms with van der Waals surface area (Å²) in [7, 11) is 0. The number of nitrogens with zero attached hydrogens (tertiary/aromatic N) is 5. The van der Waals surface area contributed by atoms with E-state index in [4.69, 9.17) is 31.2 Å². The number of alkyl halides is 3. The molecule has 3 aliphatic rings. The number of anilines is 1. The first-order valence-corrected chi connectivity index (χ1v) is 19.0. The molecule has 7 rings (SSSR count). The highest BCUT2D eigenvalue weighted by Gasteiger charge is 2.44. The number of rotatable bonds is 7. The quantitative estimate of drug-likeness (QED) is 0.159. The monoisotopic (exact) mass is 840 g/mol. The first-order chi connectivity index (χ1) is 28.4. The van der Waals surface area contributed by atoms with Gasteiger partial charge in [0.2, 0.25) is 17.8 Å². The number of nitriles is 1. The van der Waals surface area contributed by atoms with Crippen LogP contribution in [0.1, 0.15) is 88.2 Å². The normalized spacial score (nSPS) is 16.8. The summed E-state index contributed by atoms with van der Waals surface area (Å²) in [5, 5.41) is 19.2. The van der Waals surface area contributed by atoms with Crippen molar-refractivity contribution in [2.45, 2.75) is 63.8 Å². The number of hydrogen-bond donors (Lipinski definition) is 2. The molecule has 60 heavy (non-hydrogen) atoms. The van der Waals surface area contributed by atoms with E-state index in [0.29, 0.717) is 27.8 Å². The van der Waals surface area contributed by atoms with Crippen molar-refractivity contribution < 1.29 is 47.0 Å². The van der Waals surface area contributed by atoms with Crippen LogP contribution in [0.25, 0.3) is 0 Å². The molecule has 3 aliphatic heterocycles. The van der Waals surface area contributed by atoms with Gasteiger partial charge < -0.3 is 14.7 Å². The number of amides is 4. The van der Waals surface area contributed by atoms with Crippen LogP contribution in [0, 0.1) is 29.1 Å². The van der Waals surface area contributed by atoms with Crippen LogP contribution in [0.4, 0.5) is 19.1 Å². The fourth-order valence-electron chi connectivity index (χ4n) is 6.88. The van der Waals surface area contributed by atoms with E-state index in [1.165, 1.54) is 0 Å². The Hall–Kier alpha value is -6.78. The number of ether oxygens (including phenoxy) is 1.